The number of aromatic hydroxyl groups is 1. The van der Waals surface area contributed by atoms with Crippen LogP contribution in [0.15, 0.2) is 37.6 Å². The summed E-state index contributed by atoms with van der Waals surface area (Å²) in [4.78, 5) is 52.2. The summed E-state index contributed by atoms with van der Waals surface area (Å²) < 4.78 is 19.6. The van der Waals surface area contributed by atoms with Crippen LogP contribution in [-0.2, 0) is 27.3 Å². The lowest BCUT2D eigenvalue weighted by molar-refractivity contribution is 0.0128. The maximum absolute atomic E-state index is 14.0. The van der Waals surface area contributed by atoms with E-state index >= 15 is 0 Å². The molecule has 0 atom stereocenters. The predicted octanol–water partition coefficient (Wildman–Crippen LogP) is 0.532. The van der Waals surface area contributed by atoms with Gasteiger partial charge in [0, 0.05) is 54.4 Å². The first-order chi connectivity index (χ1) is 22.7. The number of nitrogens with zero attached hydrogens (tertiary/aromatic N) is 6. The van der Waals surface area contributed by atoms with Crippen molar-refractivity contribution in [2.75, 3.05) is 107 Å². The molecule has 1 aromatic heterocycles. The van der Waals surface area contributed by atoms with Gasteiger partial charge in [0.1, 0.15) is 0 Å². The minimum Gasteiger partial charge on any atom is -0.494 e. The summed E-state index contributed by atoms with van der Waals surface area (Å²) in [6, 6.07) is 4.89. The van der Waals surface area contributed by atoms with Gasteiger partial charge in [0.25, 0.3) is 16.7 Å². The third-order valence-corrected chi connectivity index (χ3v) is 8.72. The fourth-order valence-electron chi connectivity index (χ4n) is 6.17. The first-order valence-electron chi connectivity index (χ1n) is 16.5. The molecule has 0 unspecified atom stereocenters. The van der Waals surface area contributed by atoms with E-state index in [4.69, 9.17) is 19.2 Å². The zero-order valence-electron chi connectivity index (χ0n) is 28.1. The van der Waals surface area contributed by atoms with E-state index < -0.39 is 16.7 Å². The van der Waals surface area contributed by atoms with Gasteiger partial charge in [-0.25, -0.2) is 0 Å². The summed E-state index contributed by atoms with van der Waals surface area (Å²) in [5.41, 5.74) is -0.617. The second-order valence-electron chi connectivity index (χ2n) is 12.6. The molecule has 2 aliphatic heterocycles. The molecule has 1 N–H and O–H groups in total. The van der Waals surface area contributed by atoms with Crippen LogP contribution in [0.2, 0.25) is 0 Å². The number of likely N-dealkylation sites (N-methyl/N-ethyl adjacent to an activating group) is 2. The Labute approximate surface area is 274 Å². The largest absolute Gasteiger partial charge is 0.494 e. The van der Waals surface area contributed by atoms with Gasteiger partial charge < -0.3 is 34.0 Å². The van der Waals surface area contributed by atoms with Gasteiger partial charge in [0.2, 0.25) is 5.88 Å². The fraction of sp³-hybridized carbons (Fsp3) is 0.588. The molecule has 0 radical (unpaired) electrons. The molecule has 1 aliphatic carbocycles. The van der Waals surface area contributed by atoms with Crippen LogP contribution < -0.4 is 22.0 Å². The second kappa shape index (κ2) is 16.1. The van der Waals surface area contributed by atoms with Crippen LogP contribution in [0.5, 0.6) is 5.88 Å². The van der Waals surface area contributed by atoms with E-state index in [-0.39, 0.29) is 43.1 Å². The molecule has 47 heavy (non-hydrogen) atoms. The molecule has 13 heteroatoms. The average Bonchev–Trinajstić information content (AvgIpc) is 3.56. The second-order valence-corrected chi connectivity index (χ2v) is 12.6. The SMILES string of the molecule is CN(C)CCn1c(O)c2ccc3c4c2c(c(=NCCOCCOCCOCCN2CCCC2)cc-4c(=O)n(CCN(C)C)c3=O)c1=O. The molecule has 1 saturated heterocycles. The summed E-state index contributed by atoms with van der Waals surface area (Å²) in [5.74, 6) is -0.200. The van der Waals surface area contributed by atoms with Gasteiger partial charge in [-0.05, 0) is 72.3 Å². The van der Waals surface area contributed by atoms with Crippen molar-refractivity contribution in [1.82, 2.24) is 23.8 Å². The molecule has 256 valence electrons. The Morgan fingerprint density at radius 3 is 1.98 bits per heavy atom. The van der Waals surface area contributed by atoms with Crippen molar-refractivity contribution < 1.29 is 19.3 Å². The lowest BCUT2D eigenvalue weighted by Gasteiger charge is -2.20. The van der Waals surface area contributed by atoms with E-state index in [0.717, 1.165) is 19.6 Å². The highest BCUT2D eigenvalue weighted by molar-refractivity contribution is 6.15. The van der Waals surface area contributed by atoms with Crippen molar-refractivity contribution in [3.05, 3.63) is 54.6 Å². The maximum atomic E-state index is 14.0. The Kier molecular flexibility index (Phi) is 11.9. The molecule has 1 fully saturated rings. The summed E-state index contributed by atoms with van der Waals surface area (Å²) >= 11 is 0. The smallest absolute Gasteiger partial charge is 0.263 e. The summed E-state index contributed by atoms with van der Waals surface area (Å²) in [6.07, 6.45) is 2.55. The normalized spacial score (nSPS) is 14.8. The molecule has 0 saturated carbocycles. The van der Waals surface area contributed by atoms with Crippen molar-refractivity contribution >= 4 is 21.5 Å². The van der Waals surface area contributed by atoms with E-state index in [9.17, 15) is 19.5 Å². The lowest BCUT2D eigenvalue weighted by atomic mass is 9.90. The lowest BCUT2D eigenvalue weighted by Crippen LogP contribution is -2.39. The van der Waals surface area contributed by atoms with Crippen molar-refractivity contribution in [3.8, 4) is 17.0 Å². The molecular formula is C34H48N6O7. The number of rotatable bonds is 18. The van der Waals surface area contributed by atoms with Crippen LogP contribution in [0.1, 0.15) is 12.8 Å². The Morgan fingerprint density at radius 1 is 0.723 bits per heavy atom. The summed E-state index contributed by atoms with van der Waals surface area (Å²) in [6.45, 7) is 7.89. The molecular weight excluding hydrogens is 604 g/mol. The standard InChI is InChI=1S/C34H48N6O7/c1-36(2)12-14-39-31(41)24-7-8-25-29-28(24)26(33(39)43)23-27(30(29)34(44)40(32(25)42)15-13-37(3)4)35-9-17-45-19-21-47-22-20-46-18-16-38-10-5-6-11-38/h7-8,23,42H,5-6,9-22H2,1-4H3. The minimum atomic E-state index is -0.445. The van der Waals surface area contributed by atoms with Crippen LogP contribution in [0, 0.1) is 0 Å². The highest BCUT2D eigenvalue weighted by Crippen LogP contribution is 2.36. The predicted molar refractivity (Wildman–Crippen MR) is 183 cm³/mol. The van der Waals surface area contributed by atoms with Gasteiger partial charge >= 0.3 is 0 Å². The molecule has 3 heterocycles. The summed E-state index contributed by atoms with van der Waals surface area (Å²) in [5, 5.41) is 13.0. The molecule has 0 spiro atoms. The zero-order chi connectivity index (χ0) is 33.5. The van der Waals surface area contributed by atoms with E-state index in [1.165, 1.54) is 22.0 Å². The number of hydrogen-bond donors (Lipinski definition) is 1. The Balaban J connectivity index is 1.36. The van der Waals surface area contributed by atoms with Gasteiger partial charge in [-0.2, -0.15) is 0 Å². The van der Waals surface area contributed by atoms with E-state index in [2.05, 4.69) is 4.90 Å². The van der Waals surface area contributed by atoms with Gasteiger partial charge in [-0.3, -0.25) is 28.5 Å². The first kappa shape index (κ1) is 34.9. The number of pyridine rings is 2. The van der Waals surface area contributed by atoms with Crippen LogP contribution >= 0.6 is 0 Å². The average molecular weight is 653 g/mol. The van der Waals surface area contributed by atoms with Gasteiger partial charge in [0.05, 0.1) is 62.5 Å². The Morgan fingerprint density at radius 2 is 1.32 bits per heavy atom. The van der Waals surface area contributed by atoms with Crippen molar-refractivity contribution in [3.63, 3.8) is 0 Å². The van der Waals surface area contributed by atoms with Crippen LogP contribution in [0.3, 0.4) is 0 Å². The van der Waals surface area contributed by atoms with Crippen molar-refractivity contribution in [2.24, 2.45) is 4.99 Å². The third-order valence-electron chi connectivity index (χ3n) is 8.72. The van der Waals surface area contributed by atoms with E-state index in [1.54, 1.807) is 18.2 Å². The first-order valence-corrected chi connectivity index (χ1v) is 16.5. The molecule has 0 amide bonds. The Hall–Kier alpha value is -3.46. The highest BCUT2D eigenvalue weighted by atomic mass is 16.5. The minimum absolute atomic E-state index is 0.200. The molecule has 1 aromatic carbocycles. The van der Waals surface area contributed by atoms with Gasteiger partial charge in [-0.15, -0.1) is 0 Å². The van der Waals surface area contributed by atoms with Gasteiger partial charge in [-0.1, -0.05) is 0 Å². The molecule has 2 aromatic rings. The fourth-order valence-corrected chi connectivity index (χ4v) is 6.17. The van der Waals surface area contributed by atoms with Crippen LogP contribution in [-0.4, -0.2) is 136 Å². The molecule has 5 rings (SSSR count). The molecule has 3 aliphatic rings. The van der Waals surface area contributed by atoms with Crippen molar-refractivity contribution in [2.45, 2.75) is 25.9 Å². The monoisotopic (exact) mass is 652 g/mol. The quantitative estimate of drug-likeness (QED) is 0.120. The highest BCUT2D eigenvalue weighted by Gasteiger charge is 2.26. The molecule has 13 nitrogen and oxygen atoms in total. The number of likely N-dealkylation sites (tertiary alicyclic amines) is 1. The topological polar surface area (TPSA) is 131 Å². The van der Waals surface area contributed by atoms with Crippen LogP contribution in [0.4, 0.5) is 0 Å². The number of aromatic nitrogens is 2. The Bertz CT molecular complexity index is 1830. The zero-order valence-corrected chi connectivity index (χ0v) is 28.1. The number of benzene rings is 2. The number of ether oxygens (including phenoxy) is 3. The maximum Gasteiger partial charge on any atom is 0.263 e. The third kappa shape index (κ3) is 7.99. The summed E-state index contributed by atoms with van der Waals surface area (Å²) in [7, 11) is 7.53. The van der Waals surface area contributed by atoms with E-state index in [0.29, 0.717) is 73.2 Å². The van der Waals surface area contributed by atoms with Gasteiger partial charge in [0.15, 0.2) is 0 Å². The van der Waals surface area contributed by atoms with Crippen LogP contribution in [0.25, 0.3) is 32.7 Å². The van der Waals surface area contributed by atoms with Crippen molar-refractivity contribution in [1.29, 1.82) is 0 Å². The van der Waals surface area contributed by atoms with E-state index in [1.807, 2.05) is 38.0 Å². The number of hydrogen-bond acceptors (Lipinski definition) is 11. The molecule has 0 bridgehead atoms.